The Kier molecular flexibility index (Phi) is 6.27. The number of carboxylic acid groups (broad SMARTS) is 1. The first-order chi connectivity index (χ1) is 12.8. The van der Waals surface area contributed by atoms with Gasteiger partial charge in [0.25, 0.3) is 5.91 Å². The molecule has 1 aliphatic carbocycles. The number of hydroxylamine groups is 2. The highest BCUT2D eigenvalue weighted by molar-refractivity contribution is 5.80. The van der Waals surface area contributed by atoms with E-state index in [0.717, 1.165) is 44.7 Å². The molecule has 154 valence electrons. The molecule has 0 aromatic heterocycles. The van der Waals surface area contributed by atoms with E-state index in [2.05, 4.69) is 4.90 Å². The van der Waals surface area contributed by atoms with Gasteiger partial charge in [0.05, 0.1) is 19.3 Å². The van der Waals surface area contributed by atoms with Crippen molar-refractivity contribution in [3.05, 3.63) is 0 Å². The quantitative estimate of drug-likeness (QED) is 0.787. The highest BCUT2D eigenvalue weighted by Gasteiger charge is 2.44. The number of nitrogens with zero attached hydrogens (tertiary/aromatic N) is 2. The maximum atomic E-state index is 12.3. The lowest BCUT2D eigenvalue weighted by atomic mass is 9.98. The molecule has 0 aromatic rings. The Balaban J connectivity index is 0.000000260. The monoisotopic (exact) mass is 394 g/mol. The standard InChI is InChI=1S/C15H24N2O3.C2HF3O2/c18-15(17-7-1-9-19-17)14-5-4-12-13(20-14)6-8-16(12)10-11-2-3-11;3-2(4,5)1(6)7/h11-14H,1-10H2;(H,6,7)/t12-,13-,14-;/m1./s1. The van der Waals surface area contributed by atoms with Gasteiger partial charge < -0.3 is 9.84 Å². The van der Waals surface area contributed by atoms with Crippen LogP contribution in [-0.4, -0.2) is 77.6 Å². The zero-order valence-corrected chi connectivity index (χ0v) is 15.0. The number of hydrogen-bond donors (Lipinski definition) is 1. The molecule has 3 saturated heterocycles. The minimum absolute atomic E-state index is 0.0431. The number of rotatable bonds is 3. The molecule has 1 N–H and O–H groups in total. The van der Waals surface area contributed by atoms with Crippen LogP contribution in [0.25, 0.3) is 0 Å². The van der Waals surface area contributed by atoms with Gasteiger partial charge >= 0.3 is 12.1 Å². The van der Waals surface area contributed by atoms with E-state index < -0.39 is 12.1 Å². The van der Waals surface area contributed by atoms with Crippen molar-refractivity contribution in [3.8, 4) is 0 Å². The molecule has 0 unspecified atom stereocenters. The fraction of sp³-hybridized carbons (Fsp3) is 0.882. The molecule has 3 aliphatic heterocycles. The molecular formula is C17H25F3N2O5. The molecule has 4 aliphatic rings. The Labute approximate surface area is 155 Å². The van der Waals surface area contributed by atoms with Crippen LogP contribution in [0.15, 0.2) is 0 Å². The van der Waals surface area contributed by atoms with Crippen LogP contribution in [0, 0.1) is 5.92 Å². The maximum Gasteiger partial charge on any atom is 0.490 e. The lowest BCUT2D eigenvalue weighted by molar-refractivity contribution is -0.192. The van der Waals surface area contributed by atoms with Crippen molar-refractivity contribution in [3.63, 3.8) is 0 Å². The second kappa shape index (κ2) is 8.32. The number of carbonyl (C=O) groups excluding carboxylic acids is 1. The number of carboxylic acids is 1. The molecule has 0 spiro atoms. The van der Waals surface area contributed by atoms with Gasteiger partial charge in [0, 0.05) is 19.1 Å². The Morgan fingerprint density at radius 1 is 1.07 bits per heavy atom. The van der Waals surface area contributed by atoms with Gasteiger partial charge in [0.1, 0.15) is 6.10 Å². The number of amides is 1. The largest absolute Gasteiger partial charge is 0.490 e. The Hall–Kier alpha value is -1.39. The van der Waals surface area contributed by atoms with Crippen molar-refractivity contribution in [2.24, 2.45) is 5.92 Å². The number of aliphatic carboxylic acids is 1. The van der Waals surface area contributed by atoms with Crippen LogP contribution in [0.3, 0.4) is 0 Å². The summed E-state index contributed by atoms with van der Waals surface area (Å²) < 4.78 is 37.8. The summed E-state index contributed by atoms with van der Waals surface area (Å²) in [6.07, 6.45) is 1.70. The Morgan fingerprint density at radius 3 is 2.33 bits per heavy atom. The van der Waals surface area contributed by atoms with Crippen LogP contribution in [-0.2, 0) is 19.2 Å². The first-order valence-electron chi connectivity index (χ1n) is 9.39. The highest BCUT2D eigenvalue weighted by atomic mass is 19.4. The third-order valence-electron chi connectivity index (χ3n) is 5.37. The zero-order chi connectivity index (χ0) is 19.6. The van der Waals surface area contributed by atoms with Crippen LogP contribution in [0.1, 0.15) is 38.5 Å². The van der Waals surface area contributed by atoms with E-state index in [9.17, 15) is 18.0 Å². The van der Waals surface area contributed by atoms with E-state index in [4.69, 9.17) is 19.5 Å². The van der Waals surface area contributed by atoms with Crippen LogP contribution >= 0.6 is 0 Å². The number of likely N-dealkylation sites (tertiary alicyclic amines) is 1. The first-order valence-corrected chi connectivity index (χ1v) is 9.39. The van der Waals surface area contributed by atoms with Crippen molar-refractivity contribution >= 4 is 11.9 Å². The van der Waals surface area contributed by atoms with Crippen molar-refractivity contribution in [1.29, 1.82) is 0 Å². The van der Waals surface area contributed by atoms with Gasteiger partial charge in [-0.3, -0.25) is 14.5 Å². The number of carbonyl (C=O) groups is 2. The van der Waals surface area contributed by atoms with Crippen molar-refractivity contribution in [2.75, 3.05) is 26.2 Å². The average Bonchev–Trinajstić information content (AvgIpc) is 3.10. The van der Waals surface area contributed by atoms with E-state index in [-0.39, 0.29) is 18.1 Å². The summed E-state index contributed by atoms with van der Waals surface area (Å²) >= 11 is 0. The van der Waals surface area contributed by atoms with Gasteiger partial charge in [0.2, 0.25) is 0 Å². The molecule has 4 rings (SSSR count). The maximum absolute atomic E-state index is 12.3. The predicted octanol–water partition coefficient (Wildman–Crippen LogP) is 1.82. The summed E-state index contributed by atoms with van der Waals surface area (Å²) in [5.41, 5.74) is 0. The number of halogens is 3. The van der Waals surface area contributed by atoms with E-state index >= 15 is 0 Å². The summed E-state index contributed by atoms with van der Waals surface area (Å²) in [6.45, 7) is 3.78. The predicted molar refractivity (Wildman–Crippen MR) is 86.6 cm³/mol. The minimum Gasteiger partial charge on any atom is -0.475 e. The second-order valence-corrected chi connectivity index (χ2v) is 7.46. The number of hydrogen-bond acceptors (Lipinski definition) is 5. The second-order valence-electron chi connectivity index (χ2n) is 7.46. The van der Waals surface area contributed by atoms with Gasteiger partial charge in [-0.25, -0.2) is 9.86 Å². The van der Waals surface area contributed by atoms with Gasteiger partial charge in [-0.2, -0.15) is 13.2 Å². The Morgan fingerprint density at radius 2 is 1.78 bits per heavy atom. The SMILES string of the molecule is O=C(O)C(F)(F)F.O=C([C@H]1CC[C@@H]2[C@@H](CCN2CC2CC2)O1)N1CCCO1. The number of ether oxygens (including phenoxy) is 1. The summed E-state index contributed by atoms with van der Waals surface area (Å²) in [5, 5.41) is 8.64. The zero-order valence-electron chi connectivity index (χ0n) is 15.0. The molecule has 1 amide bonds. The molecule has 4 fully saturated rings. The lowest BCUT2D eigenvalue weighted by Gasteiger charge is -2.36. The van der Waals surface area contributed by atoms with E-state index in [1.54, 1.807) is 0 Å². The molecule has 0 aromatic carbocycles. The molecule has 7 nitrogen and oxygen atoms in total. The van der Waals surface area contributed by atoms with Gasteiger partial charge in [-0.1, -0.05) is 0 Å². The normalized spacial score (nSPS) is 31.2. The third kappa shape index (κ3) is 5.32. The van der Waals surface area contributed by atoms with Gasteiger partial charge in [-0.05, 0) is 44.4 Å². The van der Waals surface area contributed by atoms with E-state index in [0.29, 0.717) is 12.6 Å². The molecule has 10 heteroatoms. The van der Waals surface area contributed by atoms with Crippen molar-refractivity contribution < 1.29 is 37.4 Å². The highest BCUT2D eigenvalue weighted by Crippen LogP contribution is 2.37. The van der Waals surface area contributed by atoms with E-state index in [1.165, 1.54) is 24.4 Å². The summed E-state index contributed by atoms with van der Waals surface area (Å²) in [5.74, 6) is -1.78. The van der Waals surface area contributed by atoms with Crippen LogP contribution in [0.2, 0.25) is 0 Å². The third-order valence-corrected chi connectivity index (χ3v) is 5.37. The minimum atomic E-state index is -5.08. The Bertz CT molecular complexity index is 549. The molecular weight excluding hydrogens is 369 g/mol. The summed E-state index contributed by atoms with van der Waals surface area (Å²) in [4.78, 5) is 29.2. The topological polar surface area (TPSA) is 79.3 Å². The smallest absolute Gasteiger partial charge is 0.475 e. The number of fused-ring (bicyclic) bond motifs is 1. The van der Waals surface area contributed by atoms with Crippen molar-refractivity contribution in [2.45, 2.75) is 63.0 Å². The van der Waals surface area contributed by atoms with Gasteiger partial charge in [0.15, 0.2) is 0 Å². The van der Waals surface area contributed by atoms with E-state index in [1.807, 2.05) is 0 Å². The van der Waals surface area contributed by atoms with Gasteiger partial charge in [-0.15, -0.1) is 0 Å². The molecule has 27 heavy (non-hydrogen) atoms. The first kappa shape index (κ1) is 20.3. The summed E-state index contributed by atoms with van der Waals surface area (Å²) in [6, 6.07) is 0.555. The lowest BCUT2D eigenvalue weighted by Crippen LogP contribution is -2.48. The van der Waals surface area contributed by atoms with Crippen LogP contribution < -0.4 is 0 Å². The fourth-order valence-electron chi connectivity index (χ4n) is 3.84. The molecule has 3 heterocycles. The number of alkyl halides is 3. The average molecular weight is 394 g/mol. The molecule has 0 radical (unpaired) electrons. The van der Waals surface area contributed by atoms with Crippen molar-refractivity contribution in [1.82, 2.24) is 9.96 Å². The summed E-state index contributed by atoms with van der Waals surface area (Å²) in [7, 11) is 0. The van der Waals surface area contributed by atoms with Crippen LogP contribution in [0.5, 0.6) is 0 Å². The molecule has 1 saturated carbocycles. The van der Waals surface area contributed by atoms with Crippen LogP contribution in [0.4, 0.5) is 13.2 Å². The molecule has 3 atom stereocenters. The molecule has 0 bridgehead atoms. The fourth-order valence-corrected chi connectivity index (χ4v) is 3.84.